The number of likely N-dealkylation sites (tertiary alicyclic amines) is 1. The second-order valence-corrected chi connectivity index (χ2v) is 6.05. The van der Waals surface area contributed by atoms with Crippen LogP contribution < -0.4 is 10.6 Å². The molecule has 3 heterocycles. The molecular formula is C14H23N3O2. The number of fused-ring (bicyclic) bond motifs is 1. The minimum atomic E-state index is 0.0471. The standard InChI is InChI=1S/C14H23N3O2/c18-13(4-3-10-5-6-15-8-10)17-7-1-2-11-12(17)9-16-14(11)19/h10-12,15H,1-9H2,(H,16,19). The molecule has 0 aromatic rings. The third kappa shape index (κ3) is 2.61. The Labute approximate surface area is 114 Å². The molecule has 3 fully saturated rings. The van der Waals surface area contributed by atoms with Crippen molar-refractivity contribution in [1.82, 2.24) is 15.5 Å². The van der Waals surface area contributed by atoms with Crippen molar-refractivity contribution in [2.45, 2.75) is 38.1 Å². The summed E-state index contributed by atoms with van der Waals surface area (Å²) in [6, 6.07) is 0.121. The van der Waals surface area contributed by atoms with Crippen molar-refractivity contribution in [2.75, 3.05) is 26.2 Å². The first-order valence-electron chi connectivity index (χ1n) is 7.53. The number of carbonyl (C=O) groups excluding carboxylic acids is 2. The van der Waals surface area contributed by atoms with Crippen molar-refractivity contribution >= 4 is 11.8 Å². The number of nitrogens with zero attached hydrogens (tertiary/aromatic N) is 1. The molecule has 3 saturated heterocycles. The molecule has 106 valence electrons. The number of nitrogens with one attached hydrogen (secondary N) is 2. The van der Waals surface area contributed by atoms with Crippen LogP contribution in [0.25, 0.3) is 0 Å². The zero-order valence-electron chi connectivity index (χ0n) is 11.4. The highest BCUT2D eigenvalue weighted by molar-refractivity contribution is 5.84. The first-order valence-corrected chi connectivity index (χ1v) is 7.53. The van der Waals surface area contributed by atoms with Gasteiger partial charge in [0.2, 0.25) is 11.8 Å². The number of hydrogen-bond donors (Lipinski definition) is 2. The molecule has 3 aliphatic rings. The molecule has 0 spiro atoms. The molecule has 0 bridgehead atoms. The Hall–Kier alpha value is -1.10. The van der Waals surface area contributed by atoms with Crippen LogP contribution in [0.15, 0.2) is 0 Å². The van der Waals surface area contributed by atoms with Crippen molar-refractivity contribution in [3.8, 4) is 0 Å². The molecule has 5 heteroatoms. The van der Waals surface area contributed by atoms with Gasteiger partial charge in [-0.3, -0.25) is 9.59 Å². The van der Waals surface area contributed by atoms with Crippen molar-refractivity contribution in [3.05, 3.63) is 0 Å². The van der Waals surface area contributed by atoms with E-state index in [-0.39, 0.29) is 23.8 Å². The van der Waals surface area contributed by atoms with E-state index in [1.54, 1.807) is 0 Å². The average molecular weight is 265 g/mol. The van der Waals surface area contributed by atoms with Gasteiger partial charge in [0.05, 0.1) is 12.0 Å². The van der Waals surface area contributed by atoms with Crippen LogP contribution in [0.2, 0.25) is 0 Å². The van der Waals surface area contributed by atoms with E-state index in [0.717, 1.165) is 38.9 Å². The topological polar surface area (TPSA) is 61.4 Å². The fraction of sp³-hybridized carbons (Fsp3) is 0.857. The lowest BCUT2D eigenvalue weighted by molar-refractivity contribution is -0.137. The fourth-order valence-electron chi connectivity index (χ4n) is 3.69. The number of amides is 2. The molecule has 2 amide bonds. The van der Waals surface area contributed by atoms with Gasteiger partial charge in [-0.05, 0) is 44.7 Å². The van der Waals surface area contributed by atoms with Gasteiger partial charge in [-0.25, -0.2) is 0 Å². The normalized spacial score (nSPS) is 34.2. The Bertz CT molecular complexity index is 366. The summed E-state index contributed by atoms with van der Waals surface area (Å²) in [6.07, 6.45) is 4.72. The molecular weight excluding hydrogens is 242 g/mol. The van der Waals surface area contributed by atoms with Crippen molar-refractivity contribution in [3.63, 3.8) is 0 Å². The van der Waals surface area contributed by atoms with Gasteiger partial charge in [0.1, 0.15) is 0 Å². The Morgan fingerprint density at radius 3 is 3.00 bits per heavy atom. The number of carbonyl (C=O) groups is 2. The zero-order chi connectivity index (χ0) is 13.2. The zero-order valence-corrected chi connectivity index (χ0v) is 11.4. The highest BCUT2D eigenvalue weighted by Crippen LogP contribution is 2.28. The van der Waals surface area contributed by atoms with E-state index in [0.29, 0.717) is 18.9 Å². The molecule has 0 saturated carbocycles. The molecule has 3 rings (SSSR count). The lowest BCUT2D eigenvalue weighted by Crippen LogP contribution is -2.48. The number of hydrogen-bond acceptors (Lipinski definition) is 3. The average Bonchev–Trinajstić information content (AvgIpc) is 3.06. The van der Waals surface area contributed by atoms with E-state index in [2.05, 4.69) is 10.6 Å². The lowest BCUT2D eigenvalue weighted by atomic mass is 9.91. The van der Waals surface area contributed by atoms with Crippen molar-refractivity contribution in [2.24, 2.45) is 11.8 Å². The van der Waals surface area contributed by atoms with Crippen molar-refractivity contribution in [1.29, 1.82) is 0 Å². The summed E-state index contributed by atoms with van der Waals surface area (Å²) < 4.78 is 0. The summed E-state index contributed by atoms with van der Waals surface area (Å²) in [5, 5.41) is 6.24. The molecule has 2 N–H and O–H groups in total. The van der Waals surface area contributed by atoms with Gasteiger partial charge in [0.15, 0.2) is 0 Å². The molecule has 0 aliphatic carbocycles. The second kappa shape index (κ2) is 5.49. The SMILES string of the molecule is O=C1NCC2C1CCCN2C(=O)CCC1CCNC1. The first-order chi connectivity index (χ1) is 9.25. The summed E-state index contributed by atoms with van der Waals surface area (Å²) in [5.74, 6) is 1.10. The third-order valence-corrected chi connectivity index (χ3v) is 4.85. The van der Waals surface area contributed by atoms with Gasteiger partial charge in [-0.1, -0.05) is 0 Å². The number of piperidine rings is 1. The maximum atomic E-state index is 12.4. The Kier molecular flexibility index (Phi) is 3.73. The maximum absolute atomic E-state index is 12.4. The van der Waals surface area contributed by atoms with E-state index in [1.807, 2.05) is 4.90 Å². The Morgan fingerprint density at radius 1 is 1.32 bits per heavy atom. The van der Waals surface area contributed by atoms with Gasteiger partial charge >= 0.3 is 0 Å². The fourth-order valence-corrected chi connectivity index (χ4v) is 3.69. The van der Waals surface area contributed by atoms with Crippen molar-refractivity contribution < 1.29 is 9.59 Å². The Morgan fingerprint density at radius 2 is 2.21 bits per heavy atom. The van der Waals surface area contributed by atoms with E-state index in [4.69, 9.17) is 0 Å². The molecule has 3 aliphatic heterocycles. The van der Waals surface area contributed by atoms with E-state index in [1.165, 1.54) is 6.42 Å². The summed E-state index contributed by atoms with van der Waals surface area (Å²) in [4.78, 5) is 26.0. The predicted molar refractivity (Wildman–Crippen MR) is 71.4 cm³/mol. The summed E-state index contributed by atoms with van der Waals surface area (Å²) >= 11 is 0. The molecule has 0 aromatic carbocycles. The number of rotatable bonds is 3. The second-order valence-electron chi connectivity index (χ2n) is 6.05. The summed E-state index contributed by atoms with van der Waals surface area (Å²) in [7, 11) is 0. The Balaban J connectivity index is 1.55. The van der Waals surface area contributed by atoms with Crippen LogP contribution >= 0.6 is 0 Å². The van der Waals surface area contributed by atoms with Crippen LogP contribution in [0.5, 0.6) is 0 Å². The lowest BCUT2D eigenvalue weighted by Gasteiger charge is -2.36. The molecule has 3 unspecified atom stereocenters. The monoisotopic (exact) mass is 265 g/mol. The molecule has 5 nitrogen and oxygen atoms in total. The minimum absolute atomic E-state index is 0.0471. The summed E-state index contributed by atoms with van der Waals surface area (Å²) in [6.45, 7) is 3.63. The molecule has 3 atom stereocenters. The first kappa shape index (κ1) is 12.9. The smallest absolute Gasteiger partial charge is 0.225 e. The van der Waals surface area contributed by atoms with E-state index >= 15 is 0 Å². The molecule has 19 heavy (non-hydrogen) atoms. The summed E-state index contributed by atoms with van der Waals surface area (Å²) in [5.41, 5.74) is 0. The predicted octanol–water partition coefficient (Wildman–Crippen LogP) is 0.113. The van der Waals surface area contributed by atoms with Crippen LogP contribution in [0, 0.1) is 11.8 Å². The minimum Gasteiger partial charge on any atom is -0.354 e. The van der Waals surface area contributed by atoms with Crippen LogP contribution in [-0.4, -0.2) is 48.9 Å². The quantitative estimate of drug-likeness (QED) is 0.761. The largest absolute Gasteiger partial charge is 0.354 e. The third-order valence-electron chi connectivity index (χ3n) is 4.85. The van der Waals surface area contributed by atoms with Gasteiger partial charge in [-0.2, -0.15) is 0 Å². The van der Waals surface area contributed by atoms with Crippen LogP contribution in [0.4, 0.5) is 0 Å². The molecule has 0 radical (unpaired) electrons. The maximum Gasteiger partial charge on any atom is 0.225 e. The van der Waals surface area contributed by atoms with Crippen LogP contribution in [0.3, 0.4) is 0 Å². The van der Waals surface area contributed by atoms with Crippen LogP contribution in [0.1, 0.15) is 32.1 Å². The molecule has 0 aromatic heterocycles. The highest BCUT2D eigenvalue weighted by atomic mass is 16.2. The highest BCUT2D eigenvalue weighted by Gasteiger charge is 2.42. The van der Waals surface area contributed by atoms with Gasteiger partial charge in [0, 0.05) is 19.5 Å². The van der Waals surface area contributed by atoms with Gasteiger partial charge in [0.25, 0.3) is 0 Å². The van der Waals surface area contributed by atoms with Crippen LogP contribution in [-0.2, 0) is 9.59 Å². The van der Waals surface area contributed by atoms with Gasteiger partial charge < -0.3 is 15.5 Å². The van der Waals surface area contributed by atoms with Gasteiger partial charge in [-0.15, -0.1) is 0 Å². The van der Waals surface area contributed by atoms with E-state index in [9.17, 15) is 9.59 Å². The van der Waals surface area contributed by atoms with E-state index < -0.39 is 0 Å².